The van der Waals surface area contributed by atoms with Crippen LogP contribution in [0.4, 0.5) is 5.95 Å². The fraction of sp³-hybridized carbons (Fsp3) is 0.214. The number of imidazole rings is 1. The van der Waals surface area contributed by atoms with Crippen LogP contribution in [0, 0.1) is 13.8 Å². The number of amides is 1. The first-order valence-corrected chi connectivity index (χ1v) is 14.2. The van der Waals surface area contributed by atoms with E-state index in [-0.39, 0.29) is 10.8 Å². The van der Waals surface area contributed by atoms with Gasteiger partial charge in [0, 0.05) is 33.5 Å². The molecular formula is C28H28Cl2N4O3S. The van der Waals surface area contributed by atoms with Gasteiger partial charge in [-0.2, -0.15) is 4.31 Å². The molecule has 0 aliphatic carbocycles. The van der Waals surface area contributed by atoms with Gasteiger partial charge in [-0.05, 0) is 87.4 Å². The maximum atomic E-state index is 13.3. The summed E-state index contributed by atoms with van der Waals surface area (Å²) in [6, 6.07) is 18.6. The number of benzene rings is 3. The van der Waals surface area contributed by atoms with Crippen LogP contribution in [0.25, 0.3) is 16.9 Å². The van der Waals surface area contributed by atoms with Gasteiger partial charge in [0.25, 0.3) is 0 Å². The number of sulfonamides is 1. The Morgan fingerprint density at radius 3 is 2.13 bits per heavy atom. The summed E-state index contributed by atoms with van der Waals surface area (Å²) in [6.07, 6.45) is 1.83. The molecule has 0 bridgehead atoms. The van der Waals surface area contributed by atoms with Gasteiger partial charge in [-0.15, -0.1) is 0 Å². The van der Waals surface area contributed by atoms with Crippen molar-refractivity contribution in [2.75, 3.05) is 11.9 Å². The second kappa shape index (κ2) is 11.3. The molecular weight excluding hydrogens is 543 g/mol. The summed E-state index contributed by atoms with van der Waals surface area (Å²) in [4.78, 5) is 18.0. The lowest BCUT2D eigenvalue weighted by Crippen LogP contribution is -2.42. The molecule has 0 aliphatic rings. The van der Waals surface area contributed by atoms with E-state index in [1.165, 1.54) is 24.3 Å². The van der Waals surface area contributed by atoms with Crippen molar-refractivity contribution in [1.29, 1.82) is 0 Å². The first kappa shape index (κ1) is 27.9. The minimum Gasteiger partial charge on any atom is -0.294 e. The van der Waals surface area contributed by atoms with Crippen molar-refractivity contribution in [2.24, 2.45) is 0 Å². The molecule has 1 amide bonds. The first-order valence-electron chi connectivity index (χ1n) is 12.0. The molecule has 0 saturated heterocycles. The highest BCUT2D eigenvalue weighted by atomic mass is 35.5. The van der Waals surface area contributed by atoms with E-state index >= 15 is 0 Å². The zero-order valence-corrected chi connectivity index (χ0v) is 23.8. The van der Waals surface area contributed by atoms with Gasteiger partial charge in [-0.1, -0.05) is 41.4 Å². The standard InChI is InChI=1S/C28H28Cl2N4O3S/c1-18(2)34(38(36,37)25-13-10-23(30)11-14-25)17-27(35)32-28-31-26(21-6-8-22(29)9-7-21)16-33(28)24-12-5-19(3)20(4)15-24/h5-16,18H,17H2,1-4H3,(H,31,32,35). The number of hydrogen-bond acceptors (Lipinski definition) is 4. The second-order valence-electron chi connectivity index (χ2n) is 9.24. The highest BCUT2D eigenvalue weighted by Crippen LogP contribution is 2.27. The minimum atomic E-state index is -3.94. The van der Waals surface area contributed by atoms with Gasteiger partial charge >= 0.3 is 0 Å². The monoisotopic (exact) mass is 570 g/mol. The lowest BCUT2D eigenvalue weighted by atomic mass is 10.1. The fourth-order valence-electron chi connectivity index (χ4n) is 3.89. The third-order valence-electron chi connectivity index (χ3n) is 6.16. The van der Waals surface area contributed by atoms with E-state index < -0.39 is 28.5 Å². The Hall–Kier alpha value is -3.17. The third-order valence-corrected chi connectivity index (χ3v) is 8.70. The summed E-state index contributed by atoms with van der Waals surface area (Å²) in [6.45, 7) is 7.08. The Balaban J connectivity index is 1.67. The molecule has 0 atom stereocenters. The van der Waals surface area contributed by atoms with Crippen molar-refractivity contribution in [3.8, 4) is 16.9 Å². The molecule has 4 aromatic rings. The number of nitrogens with zero attached hydrogens (tertiary/aromatic N) is 3. The number of hydrogen-bond donors (Lipinski definition) is 1. The number of aryl methyl sites for hydroxylation is 2. The van der Waals surface area contributed by atoms with Crippen molar-refractivity contribution in [2.45, 2.75) is 38.6 Å². The van der Waals surface area contributed by atoms with Crippen LogP contribution in [-0.4, -0.2) is 40.8 Å². The van der Waals surface area contributed by atoms with E-state index in [0.717, 1.165) is 26.7 Å². The summed E-state index contributed by atoms with van der Waals surface area (Å²) in [5.41, 5.74) is 4.48. The molecule has 0 unspecified atom stereocenters. The number of nitrogens with one attached hydrogen (secondary N) is 1. The second-order valence-corrected chi connectivity index (χ2v) is 12.0. The number of halogens is 2. The minimum absolute atomic E-state index is 0.0602. The lowest BCUT2D eigenvalue weighted by Gasteiger charge is -2.25. The SMILES string of the molecule is Cc1ccc(-n2cc(-c3ccc(Cl)cc3)nc2NC(=O)CN(C(C)C)S(=O)(=O)c2ccc(Cl)cc2)cc1C. The Bertz CT molecular complexity index is 1560. The zero-order valence-electron chi connectivity index (χ0n) is 21.4. The van der Waals surface area contributed by atoms with E-state index in [2.05, 4.69) is 10.3 Å². The largest absolute Gasteiger partial charge is 0.294 e. The number of aromatic nitrogens is 2. The van der Waals surface area contributed by atoms with Gasteiger partial charge in [-0.25, -0.2) is 13.4 Å². The van der Waals surface area contributed by atoms with Crippen molar-refractivity contribution in [3.05, 3.63) is 94.1 Å². The number of anilines is 1. The van der Waals surface area contributed by atoms with Crippen LogP contribution in [0.5, 0.6) is 0 Å². The predicted molar refractivity (Wildman–Crippen MR) is 153 cm³/mol. The topological polar surface area (TPSA) is 84.3 Å². The Morgan fingerprint density at radius 1 is 0.947 bits per heavy atom. The van der Waals surface area contributed by atoms with E-state index in [4.69, 9.17) is 23.2 Å². The molecule has 3 aromatic carbocycles. The van der Waals surface area contributed by atoms with Crippen molar-refractivity contribution < 1.29 is 13.2 Å². The maximum absolute atomic E-state index is 13.3. The van der Waals surface area contributed by atoms with Gasteiger partial charge in [0.05, 0.1) is 17.1 Å². The Labute approximate surface area is 233 Å². The van der Waals surface area contributed by atoms with Crippen LogP contribution in [0.3, 0.4) is 0 Å². The number of carbonyl (C=O) groups excluding carboxylic acids is 1. The summed E-state index contributed by atoms with van der Waals surface area (Å²) >= 11 is 12.0. The van der Waals surface area contributed by atoms with Crippen LogP contribution in [0.2, 0.25) is 10.0 Å². The van der Waals surface area contributed by atoms with Crippen LogP contribution in [0.1, 0.15) is 25.0 Å². The zero-order chi connectivity index (χ0) is 27.6. The van der Waals surface area contributed by atoms with Crippen molar-refractivity contribution in [1.82, 2.24) is 13.9 Å². The molecule has 0 radical (unpaired) electrons. The van der Waals surface area contributed by atoms with E-state index in [1.807, 2.05) is 50.4 Å². The molecule has 4 rings (SSSR count). The molecule has 0 saturated carbocycles. The molecule has 10 heteroatoms. The van der Waals surface area contributed by atoms with Gasteiger partial charge in [-0.3, -0.25) is 14.7 Å². The van der Waals surface area contributed by atoms with E-state index in [1.54, 1.807) is 30.5 Å². The Morgan fingerprint density at radius 2 is 1.55 bits per heavy atom. The number of rotatable bonds is 8. The normalized spacial score (nSPS) is 11.8. The molecule has 0 aliphatic heterocycles. The van der Waals surface area contributed by atoms with Crippen LogP contribution in [-0.2, 0) is 14.8 Å². The molecule has 0 fully saturated rings. The summed E-state index contributed by atoms with van der Waals surface area (Å²) in [5.74, 6) is -0.245. The molecule has 198 valence electrons. The summed E-state index contributed by atoms with van der Waals surface area (Å²) in [7, 11) is -3.94. The van der Waals surface area contributed by atoms with Crippen LogP contribution in [0.15, 0.2) is 77.8 Å². The van der Waals surface area contributed by atoms with Gasteiger partial charge in [0.15, 0.2) is 0 Å². The van der Waals surface area contributed by atoms with Gasteiger partial charge in [0.1, 0.15) is 0 Å². The first-order chi connectivity index (χ1) is 18.0. The van der Waals surface area contributed by atoms with E-state index in [9.17, 15) is 13.2 Å². The molecule has 1 N–H and O–H groups in total. The van der Waals surface area contributed by atoms with E-state index in [0.29, 0.717) is 15.7 Å². The third kappa shape index (κ3) is 6.10. The smallest absolute Gasteiger partial charge is 0.243 e. The summed E-state index contributed by atoms with van der Waals surface area (Å²) < 4.78 is 29.6. The highest BCUT2D eigenvalue weighted by molar-refractivity contribution is 7.89. The predicted octanol–water partition coefficient (Wildman–Crippen LogP) is 6.50. The molecule has 38 heavy (non-hydrogen) atoms. The average molecular weight is 572 g/mol. The van der Waals surface area contributed by atoms with Crippen molar-refractivity contribution >= 4 is 45.1 Å². The molecule has 1 aromatic heterocycles. The summed E-state index contributed by atoms with van der Waals surface area (Å²) in [5, 5.41) is 3.85. The van der Waals surface area contributed by atoms with Crippen LogP contribution >= 0.6 is 23.2 Å². The average Bonchev–Trinajstić information content (AvgIpc) is 3.28. The van der Waals surface area contributed by atoms with Crippen molar-refractivity contribution in [3.63, 3.8) is 0 Å². The fourth-order valence-corrected chi connectivity index (χ4v) is 5.74. The molecule has 1 heterocycles. The maximum Gasteiger partial charge on any atom is 0.243 e. The van der Waals surface area contributed by atoms with Crippen LogP contribution < -0.4 is 5.32 Å². The highest BCUT2D eigenvalue weighted by Gasteiger charge is 2.29. The van der Waals surface area contributed by atoms with Gasteiger partial charge < -0.3 is 0 Å². The lowest BCUT2D eigenvalue weighted by molar-refractivity contribution is -0.116. The number of carbonyl (C=O) groups is 1. The molecule has 0 spiro atoms. The quantitative estimate of drug-likeness (QED) is 0.262. The molecule has 7 nitrogen and oxygen atoms in total. The van der Waals surface area contributed by atoms with Gasteiger partial charge in [0.2, 0.25) is 21.9 Å². The Kier molecular flexibility index (Phi) is 8.28.